The summed E-state index contributed by atoms with van der Waals surface area (Å²) in [4.78, 5) is 12.5. The molecule has 18 heavy (non-hydrogen) atoms. The van der Waals surface area contributed by atoms with Crippen LogP contribution in [-0.4, -0.2) is 35.7 Å². The number of hydrogen-bond donors (Lipinski definition) is 2. The van der Waals surface area contributed by atoms with Gasteiger partial charge in [-0.1, -0.05) is 20.8 Å². The fourth-order valence-electron chi connectivity index (χ4n) is 4.08. The molecule has 2 fully saturated rings. The molecule has 3 N–H and O–H groups in total. The van der Waals surface area contributed by atoms with E-state index in [-0.39, 0.29) is 10.8 Å². The van der Waals surface area contributed by atoms with Gasteiger partial charge in [-0.15, -0.1) is 0 Å². The van der Waals surface area contributed by atoms with Crippen molar-refractivity contribution in [3.63, 3.8) is 0 Å². The van der Waals surface area contributed by atoms with Crippen LogP contribution in [0.1, 0.15) is 40.0 Å². The van der Waals surface area contributed by atoms with Gasteiger partial charge in [-0.3, -0.25) is 0 Å². The summed E-state index contributed by atoms with van der Waals surface area (Å²) in [6.45, 7) is 9.06. The molecule has 1 amide bonds. The van der Waals surface area contributed by atoms with Crippen LogP contribution in [0.5, 0.6) is 0 Å². The number of likely N-dealkylation sites (tertiary alicyclic amines) is 1. The van der Waals surface area contributed by atoms with Crippen LogP contribution >= 0.6 is 0 Å². The van der Waals surface area contributed by atoms with Crippen molar-refractivity contribution >= 4 is 6.09 Å². The van der Waals surface area contributed by atoms with Gasteiger partial charge in [0, 0.05) is 18.5 Å². The van der Waals surface area contributed by atoms with Crippen molar-refractivity contribution in [2.45, 2.75) is 40.0 Å². The summed E-state index contributed by atoms with van der Waals surface area (Å²) in [6, 6.07) is 0. The quantitative estimate of drug-likeness (QED) is 0.755. The molecule has 1 aliphatic heterocycles. The summed E-state index contributed by atoms with van der Waals surface area (Å²) >= 11 is 0. The van der Waals surface area contributed by atoms with Crippen LogP contribution in [0.25, 0.3) is 0 Å². The third-order valence-corrected chi connectivity index (χ3v) is 5.02. The number of amides is 1. The predicted molar refractivity (Wildman–Crippen MR) is 71.4 cm³/mol. The van der Waals surface area contributed by atoms with Gasteiger partial charge in [-0.2, -0.15) is 0 Å². The summed E-state index contributed by atoms with van der Waals surface area (Å²) in [5, 5.41) is 9.04. The van der Waals surface area contributed by atoms with E-state index in [1.54, 1.807) is 4.90 Å². The van der Waals surface area contributed by atoms with Gasteiger partial charge in [-0.05, 0) is 43.1 Å². The molecule has 4 nitrogen and oxygen atoms in total. The third-order valence-electron chi connectivity index (χ3n) is 5.02. The highest BCUT2D eigenvalue weighted by Crippen LogP contribution is 2.55. The minimum Gasteiger partial charge on any atom is -0.465 e. The monoisotopic (exact) mass is 254 g/mol. The standard InChI is InChI=1S/C14H26N2O2/c1-13(2,3)11-6-10(7-15)4-5-14(11)8-16(9-14)12(17)18/h10-11H,4-9,15H2,1-3H3,(H,17,18). The van der Waals surface area contributed by atoms with Crippen molar-refractivity contribution in [2.24, 2.45) is 28.4 Å². The lowest BCUT2D eigenvalue weighted by atomic mass is 9.52. The number of hydrogen-bond acceptors (Lipinski definition) is 2. The SMILES string of the molecule is CC(C)(C)C1CC(CN)CCC12CN(C(=O)O)C2. The fraction of sp³-hybridized carbons (Fsp3) is 0.929. The maximum atomic E-state index is 11.0. The first-order chi connectivity index (χ1) is 8.28. The van der Waals surface area contributed by atoms with Crippen molar-refractivity contribution in [3.8, 4) is 0 Å². The molecule has 0 aromatic rings. The number of rotatable bonds is 1. The van der Waals surface area contributed by atoms with E-state index in [1.807, 2.05) is 0 Å². The van der Waals surface area contributed by atoms with Crippen molar-refractivity contribution in [2.75, 3.05) is 19.6 Å². The van der Waals surface area contributed by atoms with E-state index < -0.39 is 6.09 Å². The average molecular weight is 254 g/mol. The van der Waals surface area contributed by atoms with Gasteiger partial charge in [0.15, 0.2) is 0 Å². The maximum absolute atomic E-state index is 11.0. The van der Waals surface area contributed by atoms with Crippen molar-refractivity contribution in [3.05, 3.63) is 0 Å². The van der Waals surface area contributed by atoms with Gasteiger partial charge in [0.05, 0.1) is 0 Å². The van der Waals surface area contributed by atoms with Gasteiger partial charge >= 0.3 is 6.09 Å². The normalized spacial score (nSPS) is 31.2. The lowest BCUT2D eigenvalue weighted by Gasteiger charge is -2.60. The molecule has 4 heteroatoms. The Balaban J connectivity index is 2.12. The smallest absolute Gasteiger partial charge is 0.407 e. The second-order valence-corrected chi connectivity index (χ2v) is 7.30. The van der Waals surface area contributed by atoms with Crippen LogP contribution in [0, 0.1) is 22.7 Å². The minimum absolute atomic E-state index is 0.225. The van der Waals surface area contributed by atoms with E-state index in [0.717, 1.165) is 38.9 Å². The highest BCUT2D eigenvalue weighted by molar-refractivity contribution is 5.66. The predicted octanol–water partition coefficient (Wildman–Crippen LogP) is 2.39. The van der Waals surface area contributed by atoms with Crippen LogP contribution < -0.4 is 5.73 Å². The lowest BCUT2D eigenvalue weighted by Crippen LogP contribution is -2.65. The first-order valence-electron chi connectivity index (χ1n) is 6.96. The van der Waals surface area contributed by atoms with Crippen molar-refractivity contribution in [1.29, 1.82) is 0 Å². The Hall–Kier alpha value is -0.770. The van der Waals surface area contributed by atoms with E-state index in [4.69, 9.17) is 10.8 Å². The molecule has 0 aromatic heterocycles. The van der Waals surface area contributed by atoms with Crippen LogP contribution in [0.2, 0.25) is 0 Å². The molecule has 0 bridgehead atoms. The Bertz CT molecular complexity index is 329. The van der Waals surface area contributed by atoms with Gasteiger partial charge in [0.2, 0.25) is 0 Å². The molecule has 1 heterocycles. The molecule has 104 valence electrons. The Labute approximate surface area is 110 Å². The summed E-state index contributed by atoms with van der Waals surface area (Å²) in [6.07, 6.45) is 2.69. The molecule has 1 saturated heterocycles. The molecule has 1 spiro atoms. The van der Waals surface area contributed by atoms with Crippen LogP contribution in [0.3, 0.4) is 0 Å². The van der Waals surface area contributed by atoms with Gasteiger partial charge < -0.3 is 15.7 Å². The maximum Gasteiger partial charge on any atom is 0.407 e. The summed E-state index contributed by atoms with van der Waals surface area (Å²) in [5.41, 5.74) is 6.29. The number of nitrogens with zero attached hydrogens (tertiary/aromatic N) is 1. The van der Waals surface area contributed by atoms with E-state index in [9.17, 15) is 4.79 Å². The molecule has 2 rings (SSSR count). The molecule has 2 atom stereocenters. The van der Waals surface area contributed by atoms with E-state index in [1.165, 1.54) is 0 Å². The minimum atomic E-state index is -0.769. The zero-order valence-electron chi connectivity index (χ0n) is 11.8. The van der Waals surface area contributed by atoms with Crippen molar-refractivity contribution in [1.82, 2.24) is 4.90 Å². The first-order valence-corrected chi connectivity index (χ1v) is 6.96. The van der Waals surface area contributed by atoms with Crippen LogP contribution in [0.15, 0.2) is 0 Å². The summed E-state index contributed by atoms with van der Waals surface area (Å²) in [5.74, 6) is 1.21. The van der Waals surface area contributed by atoms with Gasteiger partial charge in [-0.25, -0.2) is 4.79 Å². The molecular formula is C14H26N2O2. The highest BCUT2D eigenvalue weighted by Gasteiger charge is 2.55. The molecule has 2 unspecified atom stereocenters. The van der Waals surface area contributed by atoms with E-state index >= 15 is 0 Å². The zero-order valence-corrected chi connectivity index (χ0v) is 11.8. The Morgan fingerprint density at radius 1 is 1.44 bits per heavy atom. The van der Waals surface area contributed by atoms with Crippen LogP contribution in [0.4, 0.5) is 4.79 Å². The summed E-state index contributed by atoms with van der Waals surface area (Å²) < 4.78 is 0. The number of nitrogens with two attached hydrogens (primary N) is 1. The molecular weight excluding hydrogens is 228 g/mol. The second kappa shape index (κ2) is 4.41. The Morgan fingerprint density at radius 3 is 2.50 bits per heavy atom. The topological polar surface area (TPSA) is 66.6 Å². The van der Waals surface area contributed by atoms with E-state index in [0.29, 0.717) is 11.8 Å². The summed E-state index contributed by atoms with van der Waals surface area (Å²) in [7, 11) is 0. The molecule has 0 aromatic carbocycles. The fourth-order valence-corrected chi connectivity index (χ4v) is 4.08. The van der Waals surface area contributed by atoms with E-state index in [2.05, 4.69) is 20.8 Å². The molecule has 2 aliphatic rings. The third kappa shape index (κ3) is 2.22. The largest absolute Gasteiger partial charge is 0.465 e. The lowest BCUT2D eigenvalue weighted by molar-refractivity contribution is -0.105. The molecule has 1 aliphatic carbocycles. The zero-order chi connectivity index (χ0) is 13.6. The van der Waals surface area contributed by atoms with Crippen molar-refractivity contribution < 1.29 is 9.90 Å². The molecule has 0 radical (unpaired) electrons. The number of carbonyl (C=O) groups is 1. The highest BCUT2D eigenvalue weighted by atomic mass is 16.4. The Kier molecular flexibility index (Phi) is 3.34. The second-order valence-electron chi connectivity index (χ2n) is 7.30. The average Bonchev–Trinajstić information content (AvgIpc) is 2.23. The Morgan fingerprint density at radius 2 is 2.06 bits per heavy atom. The molecule has 1 saturated carbocycles. The van der Waals surface area contributed by atoms with Gasteiger partial charge in [0.1, 0.15) is 0 Å². The van der Waals surface area contributed by atoms with Gasteiger partial charge in [0.25, 0.3) is 0 Å². The first kappa shape index (κ1) is 13.7. The number of carboxylic acid groups (broad SMARTS) is 1. The van der Waals surface area contributed by atoms with Crippen LogP contribution in [-0.2, 0) is 0 Å².